The Balaban J connectivity index is 2.09. The van der Waals surface area contributed by atoms with Crippen molar-refractivity contribution in [3.63, 3.8) is 0 Å². The van der Waals surface area contributed by atoms with Crippen molar-refractivity contribution in [3.8, 4) is 11.8 Å². The molecule has 2 nitrogen and oxygen atoms in total. The summed E-state index contributed by atoms with van der Waals surface area (Å²) in [6, 6.07) is 13.0. The molecular weight excluding hydrogens is 253 g/mol. The maximum atomic E-state index is 12.8. The highest BCUT2D eigenvalue weighted by atomic mass is 35.5. The van der Waals surface area contributed by atoms with E-state index < -0.39 is 0 Å². The lowest BCUT2D eigenvalue weighted by molar-refractivity contribution is 0.306. The molecular formula is C14H9ClFNO. The van der Waals surface area contributed by atoms with Crippen molar-refractivity contribution in [1.29, 1.82) is 5.26 Å². The fraction of sp³-hybridized carbons (Fsp3) is 0.0714. The summed E-state index contributed by atoms with van der Waals surface area (Å²) < 4.78 is 18.3. The van der Waals surface area contributed by atoms with E-state index in [-0.39, 0.29) is 12.4 Å². The van der Waals surface area contributed by atoms with Crippen LogP contribution in [0.15, 0.2) is 42.5 Å². The van der Waals surface area contributed by atoms with Gasteiger partial charge in [-0.2, -0.15) is 5.26 Å². The Bertz CT molecular complexity index is 607. The molecule has 0 radical (unpaired) electrons. The summed E-state index contributed by atoms with van der Waals surface area (Å²) in [7, 11) is 0. The van der Waals surface area contributed by atoms with Crippen LogP contribution in [0.3, 0.4) is 0 Å². The Morgan fingerprint density at radius 3 is 2.78 bits per heavy atom. The van der Waals surface area contributed by atoms with Crippen LogP contribution in [0.25, 0.3) is 0 Å². The highest BCUT2D eigenvalue weighted by Crippen LogP contribution is 2.20. The van der Waals surface area contributed by atoms with Crippen LogP contribution in [-0.2, 0) is 6.61 Å². The van der Waals surface area contributed by atoms with Crippen molar-refractivity contribution < 1.29 is 9.13 Å². The van der Waals surface area contributed by atoms with Gasteiger partial charge < -0.3 is 4.74 Å². The number of nitriles is 1. The van der Waals surface area contributed by atoms with Crippen molar-refractivity contribution in [3.05, 3.63) is 64.4 Å². The second kappa shape index (κ2) is 5.52. The predicted molar refractivity (Wildman–Crippen MR) is 66.9 cm³/mol. The molecule has 2 rings (SSSR count). The molecule has 4 heteroatoms. The van der Waals surface area contributed by atoms with Gasteiger partial charge in [0.05, 0.1) is 16.7 Å². The second-order valence-corrected chi connectivity index (χ2v) is 4.07. The summed E-state index contributed by atoms with van der Waals surface area (Å²) in [5, 5.41) is 9.08. The minimum absolute atomic E-state index is 0.230. The monoisotopic (exact) mass is 261 g/mol. The number of rotatable bonds is 3. The molecule has 90 valence electrons. The molecule has 0 saturated heterocycles. The summed E-state index contributed by atoms with van der Waals surface area (Å²) in [6.07, 6.45) is 0. The van der Waals surface area contributed by atoms with Crippen molar-refractivity contribution >= 4 is 11.6 Å². The highest BCUT2D eigenvalue weighted by molar-refractivity contribution is 6.31. The Kier molecular flexibility index (Phi) is 3.81. The molecule has 0 aliphatic rings. The van der Waals surface area contributed by atoms with E-state index >= 15 is 0 Å². The van der Waals surface area contributed by atoms with Crippen molar-refractivity contribution in [1.82, 2.24) is 0 Å². The van der Waals surface area contributed by atoms with Crippen molar-refractivity contribution in [2.75, 3.05) is 0 Å². The Hall–Kier alpha value is -2.05. The first kappa shape index (κ1) is 12.4. The van der Waals surface area contributed by atoms with E-state index in [9.17, 15) is 4.39 Å². The third-order valence-electron chi connectivity index (χ3n) is 2.37. The lowest BCUT2D eigenvalue weighted by Crippen LogP contribution is -1.97. The summed E-state index contributed by atoms with van der Waals surface area (Å²) in [4.78, 5) is 0. The fourth-order valence-electron chi connectivity index (χ4n) is 1.46. The van der Waals surface area contributed by atoms with Crippen molar-refractivity contribution in [2.24, 2.45) is 0 Å². The van der Waals surface area contributed by atoms with Gasteiger partial charge in [-0.1, -0.05) is 23.7 Å². The van der Waals surface area contributed by atoms with Crippen LogP contribution in [0, 0.1) is 17.1 Å². The van der Waals surface area contributed by atoms with E-state index in [1.54, 1.807) is 30.3 Å². The second-order valence-electron chi connectivity index (χ2n) is 3.66. The van der Waals surface area contributed by atoms with Gasteiger partial charge in [-0.3, -0.25) is 0 Å². The molecule has 0 aliphatic heterocycles. The summed E-state index contributed by atoms with van der Waals surface area (Å²) in [5.74, 6) is 0.199. The first-order valence-corrected chi connectivity index (χ1v) is 5.64. The van der Waals surface area contributed by atoms with Gasteiger partial charge in [0.1, 0.15) is 18.2 Å². The third-order valence-corrected chi connectivity index (χ3v) is 2.72. The number of ether oxygens (including phenoxy) is 1. The lowest BCUT2D eigenvalue weighted by Gasteiger charge is -2.08. The molecule has 2 aromatic carbocycles. The molecule has 0 spiro atoms. The zero-order valence-corrected chi connectivity index (χ0v) is 10.1. The normalized spacial score (nSPS) is 9.83. The topological polar surface area (TPSA) is 33.0 Å². The van der Waals surface area contributed by atoms with Crippen LogP contribution in [0.4, 0.5) is 4.39 Å². The largest absolute Gasteiger partial charge is 0.489 e. The molecule has 2 aromatic rings. The molecule has 0 unspecified atom stereocenters. The van der Waals surface area contributed by atoms with Crippen LogP contribution in [0.5, 0.6) is 5.75 Å². The molecule has 0 saturated carbocycles. The molecule has 0 heterocycles. The Morgan fingerprint density at radius 1 is 1.22 bits per heavy atom. The zero-order valence-electron chi connectivity index (χ0n) is 9.36. The van der Waals surface area contributed by atoms with Crippen LogP contribution in [-0.4, -0.2) is 0 Å². The first-order valence-electron chi connectivity index (χ1n) is 5.26. The minimum atomic E-state index is -0.379. The summed E-state index contributed by atoms with van der Waals surface area (Å²) in [5.41, 5.74) is 1.22. The highest BCUT2D eigenvalue weighted by Gasteiger charge is 2.03. The maximum Gasteiger partial charge on any atom is 0.124 e. The van der Waals surface area contributed by atoms with Gasteiger partial charge in [-0.25, -0.2) is 4.39 Å². The quantitative estimate of drug-likeness (QED) is 0.839. The van der Waals surface area contributed by atoms with Crippen LogP contribution in [0.2, 0.25) is 5.02 Å². The standard InChI is InChI=1S/C14H9ClFNO/c15-14-7-12(16)5-4-11(14)9-18-13-3-1-2-10(6-13)8-17/h1-7H,9H2. The average molecular weight is 262 g/mol. The van der Waals surface area contributed by atoms with Gasteiger partial charge in [0.2, 0.25) is 0 Å². The molecule has 0 bridgehead atoms. The molecule has 0 fully saturated rings. The maximum absolute atomic E-state index is 12.8. The molecule has 18 heavy (non-hydrogen) atoms. The molecule has 0 aliphatic carbocycles. The lowest BCUT2D eigenvalue weighted by atomic mass is 10.2. The van der Waals surface area contributed by atoms with E-state index in [1.807, 2.05) is 6.07 Å². The average Bonchev–Trinajstić information content (AvgIpc) is 2.38. The van der Waals surface area contributed by atoms with Gasteiger partial charge >= 0.3 is 0 Å². The fourth-order valence-corrected chi connectivity index (χ4v) is 1.68. The van der Waals surface area contributed by atoms with Crippen LogP contribution < -0.4 is 4.74 Å². The predicted octanol–water partition coefficient (Wildman–Crippen LogP) is 3.93. The summed E-state index contributed by atoms with van der Waals surface area (Å²) >= 11 is 5.88. The van der Waals surface area contributed by atoms with Gasteiger partial charge in [0, 0.05) is 5.56 Å². The van der Waals surface area contributed by atoms with Gasteiger partial charge in [0.25, 0.3) is 0 Å². The van der Waals surface area contributed by atoms with Gasteiger partial charge in [-0.15, -0.1) is 0 Å². The van der Waals surface area contributed by atoms with Crippen LogP contribution in [0.1, 0.15) is 11.1 Å². The van der Waals surface area contributed by atoms with E-state index in [0.717, 1.165) is 0 Å². The molecule has 0 amide bonds. The molecule has 0 atom stereocenters. The van der Waals surface area contributed by atoms with E-state index in [0.29, 0.717) is 21.9 Å². The Morgan fingerprint density at radius 2 is 2.06 bits per heavy atom. The molecule has 0 N–H and O–H groups in total. The van der Waals surface area contributed by atoms with E-state index in [4.69, 9.17) is 21.6 Å². The zero-order chi connectivity index (χ0) is 13.0. The SMILES string of the molecule is N#Cc1cccc(OCc2ccc(F)cc2Cl)c1. The van der Waals surface area contributed by atoms with Crippen LogP contribution >= 0.6 is 11.6 Å². The summed E-state index contributed by atoms with van der Waals surface area (Å²) in [6.45, 7) is 0.230. The van der Waals surface area contributed by atoms with Gasteiger partial charge in [0.15, 0.2) is 0 Å². The first-order chi connectivity index (χ1) is 8.69. The number of hydrogen-bond acceptors (Lipinski definition) is 2. The van der Waals surface area contributed by atoms with E-state index in [1.165, 1.54) is 12.1 Å². The Labute approximate surface area is 109 Å². The number of nitrogens with zero attached hydrogens (tertiary/aromatic N) is 1. The smallest absolute Gasteiger partial charge is 0.124 e. The third kappa shape index (κ3) is 2.99. The molecule has 0 aromatic heterocycles. The number of halogens is 2. The number of hydrogen-bond donors (Lipinski definition) is 0. The van der Waals surface area contributed by atoms with E-state index in [2.05, 4.69) is 0 Å². The van der Waals surface area contributed by atoms with Gasteiger partial charge in [-0.05, 0) is 30.3 Å². The minimum Gasteiger partial charge on any atom is -0.489 e. The number of benzene rings is 2. The van der Waals surface area contributed by atoms with Crippen molar-refractivity contribution in [2.45, 2.75) is 6.61 Å².